The van der Waals surface area contributed by atoms with Gasteiger partial charge >= 0.3 is 0 Å². The molecule has 1 saturated heterocycles. The van der Waals surface area contributed by atoms with Gasteiger partial charge in [0.15, 0.2) is 10.9 Å². The summed E-state index contributed by atoms with van der Waals surface area (Å²) in [5, 5.41) is 6.70. The van der Waals surface area contributed by atoms with Gasteiger partial charge in [-0.25, -0.2) is 4.90 Å². The van der Waals surface area contributed by atoms with Crippen molar-refractivity contribution in [2.45, 2.75) is 0 Å². The van der Waals surface area contributed by atoms with E-state index in [-0.39, 0.29) is 12.5 Å². The molecule has 12 heavy (non-hydrogen) atoms. The highest BCUT2D eigenvalue weighted by atomic mass is 32.1. The summed E-state index contributed by atoms with van der Waals surface area (Å²) in [6, 6.07) is 1.58. The lowest BCUT2D eigenvalue weighted by Gasteiger charge is -2.08. The Morgan fingerprint density at radius 2 is 2.58 bits per heavy atom. The van der Waals surface area contributed by atoms with Crippen LogP contribution >= 0.6 is 12.2 Å². The summed E-state index contributed by atoms with van der Waals surface area (Å²) in [6.07, 6.45) is 1.39. The molecule has 1 aromatic rings. The molecule has 0 saturated carbocycles. The topological polar surface area (TPSA) is 58.4 Å². The fourth-order valence-electron chi connectivity index (χ4n) is 0.976. The number of carbonyl (C=O) groups is 1. The molecular formula is C6H5N3O2S. The van der Waals surface area contributed by atoms with Gasteiger partial charge in [-0.15, -0.1) is 0 Å². The number of hydrogen-bond donors (Lipinski definition) is 1. The molecule has 0 bridgehead atoms. The van der Waals surface area contributed by atoms with Crippen LogP contribution in [0, 0.1) is 0 Å². The number of nitrogens with zero attached hydrogens (tertiary/aromatic N) is 2. The van der Waals surface area contributed by atoms with Gasteiger partial charge in [0.05, 0.1) is 6.54 Å². The van der Waals surface area contributed by atoms with Crippen LogP contribution in [0.5, 0.6) is 0 Å². The molecule has 0 spiro atoms. The summed E-state index contributed by atoms with van der Waals surface area (Å²) in [7, 11) is 0. The minimum Gasteiger partial charge on any atom is -0.363 e. The number of aromatic nitrogens is 1. The van der Waals surface area contributed by atoms with Crippen LogP contribution in [-0.4, -0.2) is 22.7 Å². The summed E-state index contributed by atoms with van der Waals surface area (Å²) in [5.74, 6) is 0.309. The fraction of sp³-hybridized carbons (Fsp3) is 0.167. The molecule has 1 aliphatic heterocycles. The molecule has 6 heteroatoms. The number of anilines is 1. The second kappa shape index (κ2) is 2.56. The van der Waals surface area contributed by atoms with Crippen molar-refractivity contribution in [1.29, 1.82) is 0 Å². The minimum absolute atomic E-state index is 0.117. The summed E-state index contributed by atoms with van der Waals surface area (Å²) in [5.41, 5.74) is 0. The molecule has 1 aromatic heterocycles. The van der Waals surface area contributed by atoms with E-state index >= 15 is 0 Å². The number of carbonyl (C=O) groups excluding carboxylic acids is 1. The van der Waals surface area contributed by atoms with Crippen molar-refractivity contribution in [3.8, 4) is 0 Å². The average molecular weight is 183 g/mol. The summed E-state index contributed by atoms with van der Waals surface area (Å²) in [4.78, 5) is 12.5. The van der Waals surface area contributed by atoms with Gasteiger partial charge in [0.1, 0.15) is 6.26 Å². The van der Waals surface area contributed by atoms with E-state index in [0.29, 0.717) is 10.9 Å². The van der Waals surface area contributed by atoms with E-state index in [9.17, 15) is 4.79 Å². The fourth-order valence-corrected chi connectivity index (χ4v) is 1.24. The van der Waals surface area contributed by atoms with Crippen LogP contribution in [-0.2, 0) is 4.79 Å². The molecule has 0 unspecified atom stereocenters. The molecule has 2 heterocycles. The maximum Gasteiger partial charge on any atom is 0.254 e. The van der Waals surface area contributed by atoms with Crippen LogP contribution < -0.4 is 10.2 Å². The van der Waals surface area contributed by atoms with Gasteiger partial charge in [-0.05, 0) is 12.2 Å². The lowest BCUT2D eigenvalue weighted by Crippen LogP contribution is -2.30. The van der Waals surface area contributed by atoms with E-state index in [1.807, 2.05) is 0 Å². The lowest BCUT2D eigenvalue weighted by molar-refractivity contribution is -0.115. The average Bonchev–Trinajstić information content (AvgIpc) is 2.61. The molecule has 0 atom stereocenters. The van der Waals surface area contributed by atoms with Crippen molar-refractivity contribution in [3.63, 3.8) is 0 Å². The van der Waals surface area contributed by atoms with Gasteiger partial charge in [-0.1, -0.05) is 5.16 Å². The highest BCUT2D eigenvalue weighted by Crippen LogP contribution is 2.13. The Morgan fingerprint density at radius 3 is 3.08 bits per heavy atom. The van der Waals surface area contributed by atoms with Gasteiger partial charge in [0.2, 0.25) is 0 Å². The van der Waals surface area contributed by atoms with Gasteiger partial charge in [-0.2, -0.15) is 0 Å². The molecule has 0 aliphatic carbocycles. The lowest BCUT2D eigenvalue weighted by atomic mass is 10.5. The molecule has 1 aliphatic rings. The monoisotopic (exact) mass is 183 g/mol. The smallest absolute Gasteiger partial charge is 0.254 e. The second-order valence-electron chi connectivity index (χ2n) is 2.25. The van der Waals surface area contributed by atoms with Crippen molar-refractivity contribution in [1.82, 2.24) is 10.5 Å². The highest BCUT2D eigenvalue weighted by Gasteiger charge is 2.28. The zero-order valence-corrected chi connectivity index (χ0v) is 6.80. The molecule has 62 valence electrons. The van der Waals surface area contributed by atoms with E-state index in [4.69, 9.17) is 12.2 Å². The predicted octanol–water partition coefficient (Wildman–Crippen LogP) is -0.104. The van der Waals surface area contributed by atoms with E-state index in [0.717, 1.165) is 0 Å². The number of thiocarbonyl (C=S) groups is 1. The zero-order chi connectivity index (χ0) is 8.55. The molecule has 5 nitrogen and oxygen atoms in total. The molecule has 2 rings (SSSR count). The predicted molar refractivity (Wildman–Crippen MR) is 44.6 cm³/mol. The Kier molecular flexibility index (Phi) is 1.54. The number of hydrogen-bond acceptors (Lipinski definition) is 4. The number of nitrogens with one attached hydrogen (secondary N) is 1. The van der Waals surface area contributed by atoms with E-state index < -0.39 is 0 Å². The third kappa shape index (κ3) is 0.964. The first kappa shape index (κ1) is 7.23. The van der Waals surface area contributed by atoms with Crippen LogP contribution in [0.25, 0.3) is 0 Å². The summed E-state index contributed by atoms with van der Waals surface area (Å²) < 4.78 is 4.59. The van der Waals surface area contributed by atoms with E-state index in [2.05, 4.69) is 15.0 Å². The quantitative estimate of drug-likeness (QED) is 0.616. The largest absolute Gasteiger partial charge is 0.363 e. The third-order valence-electron chi connectivity index (χ3n) is 1.50. The molecule has 0 radical (unpaired) electrons. The minimum atomic E-state index is -0.117. The van der Waals surface area contributed by atoms with Crippen molar-refractivity contribution in [2.24, 2.45) is 0 Å². The van der Waals surface area contributed by atoms with Gasteiger partial charge in [0, 0.05) is 6.07 Å². The number of amides is 1. The maximum absolute atomic E-state index is 11.2. The molecule has 1 amide bonds. The first-order valence-electron chi connectivity index (χ1n) is 3.30. The molecule has 0 aromatic carbocycles. The van der Waals surface area contributed by atoms with E-state index in [1.165, 1.54) is 11.2 Å². The summed E-state index contributed by atoms with van der Waals surface area (Å²) >= 11 is 4.88. The highest BCUT2D eigenvalue weighted by molar-refractivity contribution is 7.80. The van der Waals surface area contributed by atoms with Crippen molar-refractivity contribution < 1.29 is 9.32 Å². The number of rotatable bonds is 1. The Hall–Kier alpha value is -1.43. The standard InChI is InChI=1S/C6H5N3O2S/c10-5-3-7-6(12)9(5)4-1-2-11-8-4/h1-2H,3H2,(H,7,12). The Bertz CT molecular complexity index is 306. The normalized spacial score (nSPS) is 16.8. The van der Waals surface area contributed by atoms with Crippen molar-refractivity contribution >= 4 is 29.1 Å². The molecule has 1 N–H and O–H groups in total. The third-order valence-corrected chi connectivity index (χ3v) is 1.82. The van der Waals surface area contributed by atoms with Crippen LogP contribution in [0.1, 0.15) is 0 Å². The van der Waals surface area contributed by atoms with E-state index in [1.54, 1.807) is 6.07 Å². The van der Waals surface area contributed by atoms with Crippen LogP contribution in [0.3, 0.4) is 0 Å². The Morgan fingerprint density at radius 1 is 1.75 bits per heavy atom. The SMILES string of the molecule is O=C1CNC(=S)N1c1ccon1. The summed E-state index contributed by atoms with van der Waals surface area (Å²) in [6.45, 7) is 0.228. The van der Waals surface area contributed by atoms with Crippen LogP contribution in [0.15, 0.2) is 16.9 Å². The first-order valence-corrected chi connectivity index (χ1v) is 3.71. The Balaban J connectivity index is 2.34. The van der Waals surface area contributed by atoms with Crippen molar-refractivity contribution in [3.05, 3.63) is 12.3 Å². The van der Waals surface area contributed by atoms with Gasteiger partial charge in [0.25, 0.3) is 5.91 Å². The Labute approximate surface area is 73.3 Å². The molecule has 1 fully saturated rings. The van der Waals surface area contributed by atoms with Crippen molar-refractivity contribution in [2.75, 3.05) is 11.4 Å². The van der Waals surface area contributed by atoms with Gasteiger partial charge < -0.3 is 9.84 Å². The van der Waals surface area contributed by atoms with Crippen LogP contribution in [0.2, 0.25) is 0 Å². The second-order valence-corrected chi connectivity index (χ2v) is 2.63. The zero-order valence-electron chi connectivity index (χ0n) is 5.98. The van der Waals surface area contributed by atoms with Crippen LogP contribution in [0.4, 0.5) is 5.82 Å². The maximum atomic E-state index is 11.2. The first-order chi connectivity index (χ1) is 5.79. The van der Waals surface area contributed by atoms with Gasteiger partial charge in [-0.3, -0.25) is 4.79 Å². The molecular weight excluding hydrogens is 178 g/mol.